The Kier molecular flexibility index (Phi) is 10.6. The number of methoxy groups -OCH3 is 1. The van der Waals surface area contributed by atoms with E-state index in [4.69, 9.17) is 25.8 Å². The summed E-state index contributed by atoms with van der Waals surface area (Å²) in [6.45, 7) is 9.18. The third kappa shape index (κ3) is 8.05. The largest absolute Gasteiger partial charge is 0.487 e. The highest BCUT2D eigenvalue weighted by atomic mass is 35.5. The third-order valence-electron chi connectivity index (χ3n) is 9.06. The Bertz CT molecular complexity index is 1680. The van der Waals surface area contributed by atoms with Crippen LogP contribution < -0.4 is 14.2 Å². The van der Waals surface area contributed by atoms with Gasteiger partial charge in [-0.1, -0.05) is 41.9 Å². The summed E-state index contributed by atoms with van der Waals surface area (Å²) < 4.78 is 18.1. The van der Waals surface area contributed by atoms with Crippen LogP contribution in [-0.2, 0) is 26.3 Å². The fourth-order valence-corrected chi connectivity index (χ4v) is 6.63. The van der Waals surface area contributed by atoms with Crippen LogP contribution >= 0.6 is 11.6 Å². The van der Waals surface area contributed by atoms with Crippen LogP contribution in [0.5, 0.6) is 17.4 Å². The molecular weight excluding hydrogens is 616 g/mol. The normalized spacial score (nSPS) is 18.5. The average Bonchev–Trinajstić information content (AvgIpc) is 3.68. The molecule has 0 radical (unpaired) electrons. The highest BCUT2D eigenvalue weighted by Crippen LogP contribution is 2.36. The smallest absolute Gasteiger partial charge is 0.218 e. The van der Waals surface area contributed by atoms with Crippen molar-refractivity contribution in [2.45, 2.75) is 65.2 Å². The van der Waals surface area contributed by atoms with E-state index in [1.807, 2.05) is 42.6 Å². The molecule has 10 heteroatoms. The van der Waals surface area contributed by atoms with Gasteiger partial charge in [0.15, 0.2) is 0 Å². The van der Waals surface area contributed by atoms with Crippen LogP contribution in [0.15, 0.2) is 60.8 Å². The molecule has 248 valence electrons. The van der Waals surface area contributed by atoms with Crippen molar-refractivity contribution in [1.29, 1.82) is 0 Å². The van der Waals surface area contributed by atoms with Gasteiger partial charge in [-0.05, 0) is 78.8 Å². The number of hydrogen-bond donors (Lipinski definition) is 2. The van der Waals surface area contributed by atoms with Crippen molar-refractivity contribution in [2.75, 3.05) is 33.3 Å². The molecule has 2 atom stereocenters. The quantitative estimate of drug-likeness (QED) is 0.198. The van der Waals surface area contributed by atoms with Gasteiger partial charge in [0.2, 0.25) is 5.88 Å². The van der Waals surface area contributed by atoms with E-state index in [0.717, 1.165) is 89.6 Å². The first kappa shape index (κ1) is 33.2. The Labute approximate surface area is 281 Å². The highest BCUT2D eigenvalue weighted by molar-refractivity contribution is 6.31. The third-order valence-corrected chi connectivity index (χ3v) is 9.39. The van der Waals surface area contributed by atoms with Gasteiger partial charge >= 0.3 is 0 Å². The van der Waals surface area contributed by atoms with Gasteiger partial charge in [0.1, 0.15) is 30.4 Å². The van der Waals surface area contributed by atoms with E-state index in [1.165, 1.54) is 0 Å². The van der Waals surface area contributed by atoms with Crippen LogP contribution in [-0.4, -0.2) is 75.5 Å². The Morgan fingerprint density at radius 1 is 0.830 bits per heavy atom. The van der Waals surface area contributed by atoms with E-state index in [2.05, 4.69) is 51.8 Å². The van der Waals surface area contributed by atoms with Gasteiger partial charge in [0.25, 0.3) is 0 Å². The standard InChI is InChI=1S/C37H43ClN4O5/c1-24-31(6-4-8-35(24)46-22-28-11-10-26(17-39-28)18-41-14-12-29(43)20-41)32-7-5-9-36(25(32)2)47-23-34-33(38)16-27(37(40-34)45-3)19-42-15-13-30(44)21-42/h4-11,16-17,29-30,43-44H,12-15,18-23H2,1-3H3/t29-,30-/m1/s1. The Morgan fingerprint density at radius 3 is 2.00 bits per heavy atom. The molecule has 4 aromatic rings. The van der Waals surface area contributed by atoms with E-state index in [0.29, 0.717) is 36.3 Å². The maximum absolute atomic E-state index is 9.89. The van der Waals surface area contributed by atoms with Crippen molar-refractivity contribution in [3.05, 3.63) is 99.5 Å². The molecular formula is C37H43ClN4O5. The second-order valence-electron chi connectivity index (χ2n) is 12.5. The maximum Gasteiger partial charge on any atom is 0.218 e. The molecule has 0 bridgehead atoms. The second kappa shape index (κ2) is 15.0. The van der Waals surface area contributed by atoms with Crippen LogP contribution in [0.4, 0.5) is 0 Å². The van der Waals surface area contributed by atoms with Crippen molar-refractivity contribution < 1.29 is 24.4 Å². The van der Waals surface area contributed by atoms with Gasteiger partial charge in [-0.2, -0.15) is 0 Å². The molecule has 2 aromatic heterocycles. The number of likely N-dealkylation sites (tertiary alicyclic amines) is 2. The molecule has 2 N–H and O–H groups in total. The van der Waals surface area contributed by atoms with Crippen molar-refractivity contribution in [2.24, 2.45) is 0 Å². The number of rotatable bonds is 12. The predicted molar refractivity (Wildman–Crippen MR) is 182 cm³/mol. The molecule has 2 aromatic carbocycles. The minimum atomic E-state index is -0.294. The first-order valence-electron chi connectivity index (χ1n) is 16.2. The molecule has 47 heavy (non-hydrogen) atoms. The van der Waals surface area contributed by atoms with Gasteiger partial charge in [-0.15, -0.1) is 0 Å². The lowest BCUT2D eigenvalue weighted by atomic mass is 9.95. The molecule has 2 aliphatic rings. The van der Waals surface area contributed by atoms with Crippen molar-refractivity contribution in [1.82, 2.24) is 19.8 Å². The summed E-state index contributed by atoms with van der Waals surface area (Å²) in [6, 6.07) is 18.1. The lowest BCUT2D eigenvalue weighted by Gasteiger charge is -2.19. The number of ether oxygens (including phenoxy) is 3. The number of aliphatic hydroxyl groups is 2. The van der Waals surface area contributed by atoms with Crippen LogP contribution in [0, 0.1) is 13.8 Å². The number of benzene rings is 2. The summed E-state index contributed by atoms with van der Waals surface area (Å²) in [4.78, 5) is 13.7. The molecule has 9 nitrogen and oxygen atoms in total. The Balaban J connectivity index is 1.11. The minimum Gasteiger partial charge on any atom is -0.487 e. The molecule has 2 aliphatic heterocycles. The SMILES string of the molecule is COc1nc(COc2cccc(-c3cccc(OCc4ccc(CN5CC[C@@H](O)C5)cn4)c3C)c2C)c(Cl)cc1CN1CC[C@@H](O)C1. The highest BCUT2D eigenvalue weighted by Gasteiger charge is 2.23. The molecule has 2 fully saturated rings. The molecule has 0 amide bonds. The van der Waals surface area contributed by atoms with Crippen LogP contribution in [0.25, 0.3) is 11.1 Å². The lowest BCUT2D eigenvalue weighted by molar-refractivity contribution is 0.174. The topological polar surface area (TPSA) is 100 Å². The molecule has 4 heterocycles. The predicted octanol–water partition coefficient (Wildman–Crippen LogP) is 5.71. The number of aliphatic hydroxyl groups excluding tert-OH is 2. The zero-order valence-corrected chi connectivity index (χ0v) is 28.0. The number of halogens is 1. The Hall–Kier alpha value is -3.73. The number of pyridine rings is 2. The maximum atomic E-state index is 9.89. The average molecular weight is 659 g/mol. The van der Waals surface area contributed by atoms with Gasteiger partial charge in [0, 0.05) is 51.0 Å². The van der Waals surface area contributed by atoms with Gasteiger partial charge < -0.3 is 24.4 Å². The van der Waals surface area contributed by atoms with Gasteiger partial charge in [-0.3, -0.25) is 14.8 Å². The first-order chi connectivity index (χ1) is 22.8. The monoisotopic (exact) mass is 658 g/mol. The number of β-amino-alcohol motifs (C(OH)–C–C–N with tert-alkyl or cyclic N) is 2. The molecule has 0 unspecified atom stereocenters. The zero-order valence-electron chi connectivity index (χ0n) is 27.3. The number of hydrogen-bond acceptors (Lipinski definition) is 9. The van der Waals surface area contributed by atoms with Gasteiger partial charge in [-0.25, -0.2) is 4.98 Å². The number of aromatic nitrogens is 2. The summed E-state index contributed by atoms with van der Waals surface area (Å²) in [7, 11) is 1.60. The summed E-state index contributed by atoms with van der Waals surface area (Å²) in [5.74, 6) is 2.06. The molecule has 6 rings (SSSR count). The van der Waals surface area contributed by atoms with E-state index in [1.54, 1.807) is 7.11 Å². The van der Waals surface area contributed by atoms with E-state index in [9.17, 15) is 10.2 Å². The summed E-state index contributed by atoms with van der Waals surface area (Å²) in [5.41, 5.74) is 7.63. The summed E-state index contributed by atoms with van der Waals surface area (Å²) in [5, 5.41) is 20.2. The molecule has 2 saturated heterocycles. The summed E-state index contributed by atoms with van der Waals surface area (Å²) in [6.07, 6.45) is 2.98. The van der Waals surface area contributed by atoms with Crippen LogP contribution in [0.1, 0.15) is 46.5 Å². The molecule has 0 spiro atoms. The van der Waals surface area contributed by atoms with Crippen molar-refractivity contribution in [3.8, 4) is 28.5 Å². The zero-order chi connectivity index (χ0) is 32.9. The first-order valence-corrected chi connectivity index (χ1v) is 16.6. The Morgan fingerprint density at radius 2 is 1.45 bits per heavy atom. The second-order valence-corrected chi connectivity index (χ2v) is 12.9. The minimum absolute atomic E-state index is 0.191. The molecule has 0 aliphatic carbocycles. The number of nitrogens with zero attached hydrogens (tertiary/aromatic N) is 4. The van der Waals surface area contributed by atoms with E-state index >= 15 is 0 Å². The fourth-order valence-electron chi connectivity index (χ4n) is 6.40. The van der Waals surface area contributed by atoms with E-state index < -0.39 is 0 Å². The van der Waals surface area contributed by atoms with Crippen molar-refractivity contribution in [3.63, 3.8) is 0 Å². The van der Waals surface area contributed by atoms with Crippen LogP contribution in [0.3, 0.4) is 0 Å². The fraction of sp³-hybridized carbons (Fsp3) is 0.405. The summed E-state index contributed by atoms with van der Waals surface area (Å²) >= 11 is 6.67. The molecule has 0 saturated carbocycles. The van der Waals surface area contributed by atoms with Crippen LogP contribution in [0.2, 0.25) is 5.02 Å². The lowest BCUT2D eigenvalue weighted by Crippen LogP contribution is -2.22. The van der Waals surface area contributed by atoms with Gasteiger partial charge in [0.05, 0.1) is 30.0 Å². The van der Waals surface area contributed by atoms with E-state index in [-0.39, 0.29) is 18.8 Å². The van der Waals surface area contributed by atoms with Crippen molar-refractivity contribution >= 4 is 11.6 Å².